The molecule has 0 fully saturated rings. The van der Waals surface area contributed by atoms with Crippen molar-refractivity contribution in [3.05, 3.63) is 90.7 Å². The lowest BCUT2D eigenvalue weighted by Crippen LogP contribution is -2.31. The molecule has 152 valence electrons. The maximum absolute atomic E-state index is 12.8. The molecular formula is C20H15ClN4O4S. The third-order valence-corrected chi connectivity index (χ3v) is 5.86. The summed E-state index contributed by atoms with van der Waals surface area (Å²) in [7, 11) is 0. The van der Waals surface area contributed by atoms with E-state index in [2.05, 4.69) is 15.3 Å². The van der Waals surface area contributed by atoms with Crippen LogP contribution in [0.4, 0.5) is 11.5 Å². The second-order valence-corrected chi connectivity index (χ2v) is 8.11. The van der Waals surface area contributed by atoms with Gasteiger partial charge in [-0.2, -0.15) is 0 Å². The summed E-state index contributed by atoms with van der Waals surface area (Å²) in [5.74, 6) is -0.204. The molecule has 1 unspecified atom stereocenters. The Morgan fingerprint density at radius 2 is 2.00 bits per heavy atom. The Labute approximate surface area is 179 Å². The number of thioether (sulfide) groups is 1. The Balaban J connectivity index is 1.67. The van der Waals surface area contributed by atoms with Crippen molar-refractivity contribution in [1.29, 1.82) is 0 Å². The molecule has 2 aromatic carbocycles. The van der Waals surface area contributed by atoms with E-state index in [9.17, 15) is 19.7 Å². The van der Waals surface area contributed by atoms with Gasteiger partial charge in [-0.25, -0.2) is 4.98 Å². The Morgan fingerprint density at radius 1 is 1.20 bits per heavy atom. The zero-order valence-corrected chi connectivity index (χ0v) is 17.0. The van der Waals surface area contributed by atoms with Gasteiger partial charge in [-0.3, -0.25) is 19.7 Å². The van der Waals surface area contributed by atoms with E-state index in [1.165, 1.54) is 30.0 Å². The number of nitro benzene ring substituents is 1. The van der Waals surface area contributed by atoms with E-state index >= 15 is 0 Å². The molecule has 1 aliphatic rings. The van der Waals surface area contributed by atoms with E-state index in [0.29, 0.717) is 27.1 Å². The lowest BCUT2D eigenvalue weighted by Gasteiger charge is -2.24. The van der Waals surface area contributed by atoms with Gasteiger partial charge in [0.2, 0.25) is 5.91 Å². The van der Waals surface area contributed by atoms with Gasteiger partial charge >= 0.3 is 0 Å². The highest BCUT2D eigenvalue weighted by molar-refractivity contribution is 7.98. The fourth-order valence-corrected chi connectivity index (χ4v) is 4.35. The van der Waals surface area contributed by atoms with E-state index in [4.69, 9.17) is 11.6 Å². The fraction of sp³-hybridized carbons (Fsp3) is 0.150. The molecule has 2 N–H and O–H groups in total. The summed E-state index contributed by atoms with van der Waals surface area (Å²) in [4.78, 5) is 42.8. The number of nitrogens with one attached hydrogen (secondary N) is 2. The van der Waals surface area contributed by atoms with Crippen LogP contribution in [0, 0.1) is 10.1 Å². The molecule has 1 amide bonds. The SMILES string of the molecule is O=C1CC(c2cccc([N+](=O)[O-])c2)c2c(nc(SCc3cccc(Cl)c3)[nH]c2=O)N1. The number of aromatic amines is 1. The van der Waals surface area contributed by atoms with Gasteiger partial charge in [-0.05, 0) is 23.3 Å². The van der Waals surface area contributed by atoms with Crippen LogP contribution in [0.25, 0.3) is 0 Å². The topological polar surface area (TPSA) is 118 Å². The first-order valence-corrected chi connectivity index (χ1v) is 10.3. The number of hydrogen-bond acceptors (Lipinski definition) is 6. The Hall–Kier alpha value is -3.17. The zero-order valence-electron chi connectivity index (χ0n) is 15.4. The molecule has 30 heavy (non-hydrogen) atoms. The molecule has 0 aliphatic carbocycles. The minimum atomic E-state index is -0.614. The number of nitrogens with zero attached hydrogens (tertiary/aromatic N) is 2. The van der Waals surface area contributed by atoms with Crippen molar-refractivity contribution in [3.8, 4) is 0 Å². The normalized spacial score (nSPS) is 15.4. The second kappa shape index (κ2) is 8.29. The number of halogens is 1. The average molecular weight is 443 g/mol. The van der Waals surface area contributed by atoms with E-state index in [0.717, 1.165) is 5.56 Å². The summed E-state index contributed by atoms with van der Waals surface area (Å²) in [6.07, 6.45) is 0.00787. The molecule has 0 radical (unpaired) electrons. The van der Waals surface area contributed by atoms with Crippen molar-refractivity contribution < 1.29 is 9.72 Å². The minimum Gasteiger partial charge on any atom is -0.310 e. The third kappa shape index (κ3) is 4.22. The van der Waals surface area contributed by atoms with Crippen LogP contribution in [0.2, 0.25) is 5.02 Å². The molecule has 4 rings (SSSR count). The highest BCUT2D eigenvalue weighted by atomic mass is 35.5. The Bertz CT molecular complexity index is 1210. The van der Waals surface area contributed by atoms with Gasteiger partial charge in [-0.15, -0.1) is 0 Å². The van der Waals surface area contributed by atoms with Crippen molar-refractivity contribution >= 4 is 40.8 Å². The van der Waals surface area contributed by atoms with E-state index < -0.39 is 10.8 Å². The van der Waals surface area contributed by atoms with Gasteiger partial charge in [0, 0.05) is 35.2 Å². The quantitative estimate of drug-likeness (QED) is 0.266. The van der Waals surface area contributed by atoms with Gasteiger partial charge < -0.3 is 10.3 Å². The lowest BCUT2D eigenvalue weighted by atomic mass is 9.86. The number of nitro groups is 1. The molecule has 3 aromatic rings. The minimum absolute atomic E-state index is 0.00787. The molecule has 1 atom stereocenters. The van der Waals surface area contributed by atoms with Gasteiger partial charge in [0.25, 0.3) is 11.2 Å². The predicted octanol–water partition coefficient (Wildman–Crippen LogP) is 4.10. The fourth-order valence-electron chi connectivity index (χ4n) is 3.34. The summed E-state index contributed by atoms with van der Waals surface area (Å²) in [5, 5.41) is 14.7. The number of H-pyrrole nitrogens is 1. The molecule has 0 saturated heterocycles. The number of rotatable bonds is 5. The summed E-state index contributed by atoms with van der Waals surface area (Å²) in [6.45, 7) is 0. The zero-order chi connectivity index (χ0) is 21.3. The first-order valence-electron chi connectivity index (χ1n) is 8.96. The first kappa shape index (κ1) is 20.1. The molecule has 2 heterocycles. The highest BCUT2D eigenvalue weighted by Crippen LogP contribution is 2.35. The predicted molar refractivity (Wildman–Crippen MR) is 114 cm³/mol. The third-order valence-electron chi connectivity index (χ3n) is 4.68. The molecule has 0 spiro atoms. The number of carbonyl (C=O) groups excluding carboxylic acids is 1. The summed E-state index contributed by atoms with van der Waals surface area (Å²) < 4.78 is 0. The number of non-ortho nitro benzene ring substituents is 1. The largest absolute Gasteiger partial charge is 0.310 e. The number of anilines is 1. The molecular weight excluding hydrogens is 428 g/mol. The van der Waals surface area contributed by atoms with Crippen molar-refractivity contribution in [1.82, 2.24) is 9.97 Å². The number of carbonyl (C=O) groups is 1. The van der Waals surface area contributed by atoms with Crippen LogP contribution < -0.4 is 10.9 Å². The van der Waals surface area contributed by atoms with Gasteiger partial charge in [0.15, 0.2) is 5.16 Å². The number of fused-ring (bicyclic) bond motifs is 1. The number of aromatic nitrogens is 2. The lowest BCUT2D eigenvalue weighted by molar-refractivity contribution is -0.384. The summed E-state index contributed by atoms with van der Waals surface area (Å²) in [6, 6.07) is 13.3. The summed E-state index contributed by atoms with van der Waals surface area (Å²) >= 11 is 7.30. The van der Waals surface area contributed by atoms with Crippen LogP contribution in [0.3, 0.4) is 0 Å². The Kier molecular flexibility index (Phi) is 5.56. The number of benzene rings is 2. The van der Waals surface area contributed by atoms with Crippen molar-refractivity contribution in [3.63, 3.8) is 0 Å². The molecule has 1 aromatic heterocycles. The maximum Gasteiger partial charge on any atom is 0.269 e. The van der Waals surface area contributed by atoms with Crippen molar-refractivity contribution in [2.75, 3.05) is 5.32 Å². The van der Waals surface area contributed by atoms with Crippen LogP contribution in [0.5, 0.6) is 0 Å². The van der Waals surface area contributed by atoms with Crippen molar-refractivity contribution in [2.45, 2.75) is 23.2 Å². The molecule has 0 bridgehead atoms. The molecule has 8 nitrogen and oxygen atoms in total. The number of amides is 1. The maximum atomic E-state index is 12.8. The standard InChI is InChI=1S/C20H15ClN4O4S/c21-13-5-1-3-11(7-13)10-30-20-23-18-17(19(27)24-20)15(9-16(26)22-18)12-4-2-6-14(8-12)25(28)29/h1-8,15H,9-10H2,(H2,22,23,24,26,27). The molecule has 10 heteroatoms. The first-order chi connectivity index (χ1) is 14.4. The van der Waals surface area contributed by atoms with Crippen LogP contribution in [0.15, 0.2) is 58.5 Å². The van der Waals surface area contributed by atoms with Gasteiger partial charge in [-0.1, -0.05) is 47.6 Å². The van der Waals surface area contributed by atoms with Crippen molar-refractivity contribution in [2.24, 2.45) is 0 Å². The van der Waals surface area contributed by atoms with E-state index in [1.807, 2.05) is 18.2 Å². The smallest absolute Gasteiger partial charge is 0.269 e. The second-order valence-electron chi connectivity index (χ2n) is 6.71. The summed E-state index contributed by atoms with van der Waals surface area (Å²) in [5.41, 5.74) is 1.30. The number of hydrogen-bond donors (Lipinski definition) is 2. The molecule has 1 aliphatic heterocycles. The van der Waals surface area contributed by atoms with E-state index in [-0.39, 0.29) is 29.4 Å². The van der Waals surface area contributed by atoms with Crippen LogP contribution in [0.1, 0.15) is 29.0 Å². The van der Waals surface area contributed by atoms with Crippen LogP contribution in [-0.4, -0.2) is 20.8 Å². The average Bonchev–Trinajstić information content (AvgIpc) is 2.71. The monoisotopic (exact) mass is 442 g/mol. The molecule has 0 saturated carbocycles. The highest BCUT2D eigenvalue weighted by Gasteiger charge is 2.31. The van der Waals surface area contributed by atoms with E-state index in [1.54, 1.807) is 12.1 Å². The van der Waals surface area contributed by atoms with Gasteiger partial charge in [0.1, 0.15) is 5.82 Å². The van der Waals surface area contributed by atoms with Crippen LogP contribution in [-0.2, 0) is 10.5 Å². The Morgan fingerprint density at radius 3 is 2.77 bits per heavy atom. The van der Waals surface area contributed by atoms with Gasteiger partial charge in [0.05, 0.1) is 10.5 Å². The van der Waals surface area contributed by atoms with Crippen LogP contribution >= 0.6 is 23.4 Å².